The summed E-state index contributed by atoms with van der Waals surface area (Å²) in [5.41, 5.74) is 2.41. The summed E-state index contributed by atoms with van der Waals surface area (Å²) in [5, 5.41) is 20.3. The molecule has 0 atom stereocenters. The number of aliphatic hydroxyl groups is 1. The number of carbonyl (C=O) groups is 1. The van der Waals surface area contributed by atoms with Gasteiger partial charge in [-0.15, -0.1) is 10.2 Å². The van der Waals surface area contributed by atoms with Crippen LogP contribution in [-0.2, 0) is 6.42 Å². The molecule has 3 N–H and O–H groups in total. The zero-order valence-electron chi connectivity index (χ0n) is 22.5. The number of rotatable bonds is 12. The second-order valence-corrected chi connectivity index (χ2v) is 9.67. The van der Waals surface area contributed by atoms with Gasteiger partial charge in [0.15, 0.2) is 11.6 Å². The van der Waals surface area contributed by atoms with E-state index >= 15 is 0 Å². The molecule has 0 aliphatic rings. The predicted octanol–water partition coefficient (Wildman–Crippen LogP) is 5.29. The molecule has 1 aromatic heterocycles. The molecule has 2 aromatic carbocycles. The Hall–Kier alpha value is -4.18. The summed E-state index contributed by atoms with van der Waals surface area (Å²) in [6, 6.07) is 9.27. The molecule has 0 radical (unpaired) electrons. The largest absolute Gasteiger partial charge is 0.494 e. The Balaban J connectivity index is 1.69. The Morgan fingerprint density at radius 3 is 2.64 bits per heavy atom. The molecule has 1 amide bonds. The number of aromatic amines is 1. The summed E-state index contributed by atoms with van der Waals surface area (Å²) in [7, 11) is 0. The van der Waals surface area contributed by atoms with Crippen LogP contribution in [0.15, 0.2) is 59.4 Å². The first-order valence-corrected chi connectivity index (χ1v) is 12.5. The van der Waals surface area contributed by atoms with Crippen molar-refractivity contribution >= 4 is 18.2 Å². The van der Waals surface area contributed by atoms with Gasteiger partial charge in [-0.3, -0.25) is 4.79 Å². The van der Waals surface area contributed by atoms with Gasteiger partial charge >= 0.3 is 0 Å². The minimum absolute atomic E-state index is 0.0678. The zero-order valence-corrected chi connectivity index (χ0v) is 22.5. The fourth-order valence-electron chi connectivity index (χ4n) is 3.78. The molecule has 0 aliphatic heterocycles. The monoisotopic (exact) mass is 537 g/mol. The Labute approximate surface area is 226 Å². The van der Waals surface area contributed by atoms with Crippen LogP contribution in [0.1, 0.15) is 66.7 Å². The van der Waals surface area contributed by atoms with E-state index in [4.69, 9.17) is 4.74 Å². The van der Waals surface area contributed by atoms with Crippen LogP contribution < -0.4 is 10.1 Å². The van der Waals surface area contributed by atoms with E-state index in [-0.39, 0.29) is 18.1 Å². The maximum Gasteiger partial charge on any atom is 0.294 e. The van der Waals surface area contributed by atoms with Gasteiger partial charge < -0.3 is 20.1 Å². The van der Waals surface area contributed by atoms with Crippen LogP contribution >= 0.6 is 0 Å². The van der Waals surface area contributed by atoms with Crippen molar-refractivity contribution in [2.75, 3.05) is 6.61 Å². The lowest BCUT2D eigenvalue weighted by Crippen LogP contribution is -2.23. The lowest BCUT2D eigenvalue weighted by atomic mass is 9.99. The number of H-pyrrole nitrogens is 1. The van der Waals surface area contributed by atoms with Crippen molar-refractivity contribution in [2.24, 2.45) is 4.99 Å². The first kappa shape index (κ1) is 29.4. The highest BCUT2D eigenvalue weighted by atomic mass is 19.2. The van der Waals surface area contributed by atoms with Gasteiger partial charge in [-0.2, -0.15) is 0 Å². The summed E-state index contributed by atoms with van der Waals surface area (Å²) >= 11 is 0. The van der Waals surface area contributed by atoms with E-state index in [0.717, 1.165) is 28.8 Å². The lowest BCUT2D eigenvalue weighted by Gasteiger charge is -2.17. The summed E-state index contributed by atoms with van der Waals surface area (Å²) in [6.45, 7) is 11.4. The summed E-state index contributed by atoms with van der Waals surface area (Å²) < 4.78 is 32.5. The van der Waals surface area contributed by atoms with Gasteiger partial charge in [0.05, 0.1) is 12.2 Å². The second kappa shape index (κ2) is 13.1. The number of carbonyl (C=O) groups excluding carboxylic acids is 1. The Morgan fingerprint density at radius 2 is 1.97 bits per heavy atom. The van der Waals surface area contributed by atoms with Gasteiger partial charge in [-0.1, -0.05) is 18.2 Å². The van der Waals surface area contributed by atoms with Crippen molar-refractivity contribution in [1.29, 1.82) is 0 Å². The number of hydrogen-bond acceptors (Lipinski definition) is 6. The molecule has 0 bridgehead atoms. The van der Waals surface area contributed by atoms with Crippen LogP contribution in [-0.4, -0.2) is 45.1 Å². The molecular weight excluding hydrogens is 504 g/mol. The van der Waals surface area contributed by atoms with E-state index in [1.165, 1.54) is 6.07 Å². The Bertz CT molecular complexity index is 1390. The Morgan fingerprint density at radius 1 is 1.21 bits per heavy atom. The van der Waals surface area contributed by atoms with E-state index in [0.29, 0.717) is 36.6 Å². The normalized spacial score (nSPS) is 12.4. The summed E-state index contributed by atoms with van der Waals surface area (Å²) in [6.07, 6.45) is 5.04. The maximum atomic E-state index is 13.5. The first-order chi connectivity index (χ1) is 18.5. The third-order valence-electron chi connectivity index (χ3n) is 5.84. The minimum Gasteiger partial charge on any atom is -0.494 e. The number of amides is 1. The van der Waals surface area contributed by atoms with Crippen LogP contribution in [0.2, 0.25) is 0 Å². The number of allylic oxidation sites excluding steroid dienone is 3. The molecule has 0 saturated carbocycles. The SMILES string of the molecule is C=N/C(=C\C(=C/C)c1cc(OCCCC(C)(C)O)ccc1C)NC(=O)c1nnc(Cc2ccc(F)c(F)c2)[nH]1. The number of nitrogens with zero attached hydrogens (tertiary/aromatic N) is 3. The number of aromatic nitrogens is 3. The van der Waals surface area contributed by atoms with E-state index < -0.39 is 23.1 Å². The molecule has 0 fully saturated rings. The molecule has 10 heteroatoms. The molecule has 0 aliphatic carbocycles. The van der Waals surface area contributed by atoms with E-state index in [9.17, 15) is 18.7 Å². The van der Waals surface area contributed by atoms with Crippen LogP contribution in [0.4, 0.5) is 8.78 Å². The number of benzene rings is 2. The number of ether oxygens (including phenoxy) is 1. The third kappa shape index (κ3) is 8.68. The van der Waals surface area contributed by atoms with Crippen molar-refractivity contribution in [3.05, 3.63) is 94.3 Å². The molecule has 206 valence electrons. The molecule has 0 spiro atoms. The van der Waals surface area contributed by atoms with Crippen LogP contribution in [0.25, 0.3) is 5.57 Å². The second-order valence-electron chi connectivity index (χ2n) is 9.67. The smallest absolute Gasteiger partial charge is 0.294 e. The van der Waals surface area contributed by atoms with Crippen LogP contribution in [0.3, 0.4) is 0 Å². The maximum absolute atomic E-state index is 13.5. The van der Waals surface area contributed by atoms with Gasteiger partial charge in [-0.05, 0) is 99.9 Å². The van der Waals surface area contributed by atoms with Crippen LogP contribution in [0.5, 0.6) is 5.75 Å². The first-order valence-electron chi connectivity index (χ1n) is 12.5. The molecular formula is C29H33F2N5O3. The molecule has 1 heterocycles. The van der Waals surface area contributed by atoms with Gasteiger partial charge in [-0.25, -0.2) is 13.8 Å². The summed E-state index contributed by atoms with van der Waals surface area (Å²) in [5.74, 6) is -1.36. The van der Waals surface area contributed by atoms with Gasteiger partial charge in [0, 0.05) is 6.42 Å². The molecule has 8 nitrogen and oxygen atoms in total. The molecule has 3 aromatic rings. The van der Waals surface area contributed by atoms with E-state index in [1.54, 1.807) is 19.9 Å². The number of aliphatic imine (C=N–C) groups is 1. The number of halogens is 2. The van der Waals surface area contributed by atoms with Gasteiger partial charge in [0.25, 0.3) is 5.91 Å². The Kier molecular flexibility index (Phi) is 9.84. The molecule has 39 heavy (non-hydrogen) atoms. The van der Waals surface area contributed by atoms with Crippen molar-refractivity contribution in [1.82, 2.24) is 20.5 Å². The highest BCUT2D eigenvalue weighted by Gasteiger charge is 2.15. The number of hydrogen-bond donors (Lipinski definition) is 3. The standard InChI is InChI=1S/C29H33F2N5O3/c1-6-20(22-17-21(10-8-18(22)2)39-13-7-12-29(3,4)38)16-25(32-5)34-28(37)27-33-26(35-36-27)15-19-9-11-23(30)24(31)14-19/h6,8-11,14,16-17,38H,5,7,12-13,15H2,1-4H3,(H,34,37)(H,33,35,36)/b20-6+,25-16+. The quantitative estimate of drug-likeness (QED) is 0.165. The topological polar surface area (TPSA) is 112 Å². The number of aryl methyl sites for hydroxylation is 1. The van der Waals surface area contributed by atoms with Crippen molar-refractivity contribution in [2.45, 2.75) is 52.6 Å². The van der Waals surface area contributed by atoms with Crippen LogP contribution in [0, 0.1) is 18.6 Å². The van der Waals surface area contributed by atoms with Gasteiger partial charge in [0.2, 0.25) is 5.82 Å². The highest BCUT2D eigenvalue weighted by Crippen LogP contribution is 2.26. The minimum atomic E-state index is -0.963. The predicted molar refractivity (Wildman–Crippen MR) is 147 cm³/mol. The van der Waals surface area contributed by atoms with Gasteiger partial charge in [0.1, 0.15) is 17.4 Å². The summed E-state index contributed by atoms with van der Waals surface area (Å²) in [4.78, 5) is 19.5. The molecule has 0 saturated heterocycles. The van der Waals surface area contributed by atoms with E-state index in [2.05, 4.69) is 32.2 Å². The molecule has 0 unspecified atom stereocenters. The van der Waals surface area contributed by atoms with Crippen molar-refractivity contribution in [3.8, 4) is 5.75 Å². The number of nitrogens with one attached hydrogen (secondary N) is 2. The fraction of sp³-hybridized carbons (Fsp3) is 0.310. The highest BCUT2D eigenvalue weighted by molar-refractivity contribution is 5.92. The average Bonchev–Trinajstić information content (AvgIpc) is 3.35. The fourth-order valence-corrected chi connectivity index (χ4v) is 3.78. The average molecular weight is 538 g/mol. The van der Waals surface area contributed by atoms with E-state index in [1.807, 2.05) is 38.1 Å². The van der Waals surface area contributed by atoms with Crippen molar-refractivity contribution in [3.63, 3.8) is 0 Å². The lowest BCUT2D eigenvalue weighted by molar-refractivity contribution is 0.0641. The van der Waals surface area contributed by atoms with Crippen molar-refractivity contribution < 1.29 is 23.4 Å². The molecule has 3 rings (SSSR count). The third-order valence-corrected chi connectivity index (χ3v) is 5.84. The zero-order chi connectivity index (χ0) is 28.6.